The van der Waals surface area contributed by atoms with Gasteiger partial charge in [-0.05, 0) is 6.42 Å². The number of rotatable bonds is 5. The molecule has 0 rings (SSSR count). The van der Waals surface area contributed by atoms with Crippen molar-refractivity contribution < 1.29 is 4.79 Å². The van der Waals surface area contributed by atoms with E-state index in [0.717, 1.165) is 19.3 Å². The van der Waals surface area contributed by atoms with Gasteiger partial charge in [0.15, 0.2) is 0 Å². The Morgan fingerprint density at radius 3 is 2.62 bits per heavy atom. The monoisotopic (exact) mass is 182 g/mol. The Bertz CT molecular complexity index is 203. The Hall–Kier alpha value is -1.04. The molecule has 0 aromatic rings. The second-order valence-corrected chi connectivity index (χ2v) is 3.83. The van der Waals surface area contributed by atoms with Gasteiger partial charge in [0, 0.05) is 5.41 Å². The molecule has 0 saturated heterocycles. The molecule has 1 N–H and O–H groups in total. The third kappa shape index (κ3) is 4.51. The maximum atomic E-state index is 11.5. The van der Waals surface area contributed by atoms with Gasteiger partial charge in [0.05, 0.1) is 6.07 Å². The molecule has 0 aliphatic rings. The highest BCUT2D eigenvalue weighted by atomic mass is 16.2. The minimum absolute atomic E-state index is 0.0255. The molecule has 0 aliphatic heterocycles. The molecule has 3 nitrogen and oxygen atoms in total. The first-order valence-corrected chi connectivity index (χ1v) is 4.70. The van der Waals surface area contributed by atoms with Crippen LogP contribution in [0.3, 0.4) is 0 Å². The van der Waals surface area contributed by atoms with Gasteiger partial charge in [-0.25, -0.2) is 0 Å². The highest BCUT2D eigenvalue weighted by Gasteiger charge is 2.25. The van der Waals surface area contributed by atoms with E-state index in [1.807, 2.05) is 19.9 Å². The van der Waals surface area contributed by atoms with Crippen molar-refractivity contribution in [2.24, 2.45) is 5.41 Å². The van der Waals surface area contributed by atoms with Crippen LogP contribution < -0.4 is 5.32 Å². The number of nitrogens with one attached hydrogen (secondary N) is 1. The van der Waals surface area contributed by atoms with Gasteiger partial charge in [-0.3, -0.25) is 4.79 Å². The predicted molar refractivity (Wildman–Crippen MR) is 51.9 cm³/mol. The summed E-state index contributed by atoms with van der Waals surface area (Å²) in [7, 11) is 0. The molecule has 74 valence electrons. The van der Waals surface area contributed by atoms with E-state index >= 15 is 0 Å². The number of hydrogen-bond donors (Lipinski definition) is 1. The van der Waals surface area contributed by atoms with Crippen LogP contribution in [0.1, 0.15) is 40.0 Å². The normalized spacial score (nSPS) is 10.6. The summed E-state index contributed by atoms with van der Waals surface area (Å²) in [6, 6.07) is 1.89. The van der Waals surface area contributed by atoms with Crippen molar-refractivity contribution in [2.45, 2.75) is 40.0 Å². The van der Waals surface area contributed by atoms with Crippen LogP contribution >= 0.6 is 0 Å². The first kappa shape index (κ1) is 12.0. The number of amides is 1. The molecule has 0 radical (unpaired) electrons. The summed E-state index contributed by atoms with van der Waals surface area (Å²) in [4.78, 5) is 11.5. The number of nitriles is 1. The maximum Gasteiger partial charge on any atom is 0.226 e. The number of nitrogens with zero attached hydrogens (tertiary/aromatic N) is 1. The van der Waals surface area contributed by atoms with Gasteiger partial charge in [0.1, 0.15) is 6.54 Å². The van der Waals surface area contributed by atoms with Crippen molar-refractivity contribution in [3.05, 3.63) is 0 Å². The van der Waals surface area contributed by atoms with Gasteiger partial charge < -0.3 is 5.32 Å². The molecule has 0 aromatic carbocycles. The summed E-state index contributed by atoms with van der Waals surface area (Å²) < 4.78 is 0. The smallest absolute Gasteiger partial charge is 0.226 e. The fraction of sp³-hybridized carbons (Fsp3) is 0.800. The van der Waals surface area contributed by atoms with Crippen LogP contribution in [0.2, 0.25) is 0 Å². The lowest BCUT2D eigenvalue weighted by atomic mass is 9.86. The summed E-state index contributed by atoms with van der Waals surface area (Å²) in [5.41, 5.74) is -0.340. The lowest BCUT2D eigenvalue weighted by Crippen LogP contribution is -2.37. The highest BCUT2D eigenvalue weighted by molar-refractivity contribution is 5.81. The van der Waals surface area contributed by atoms with Gasteiger partial charge in [0.25, 0.3) is 0 Å². The SMILES string of the molecule is CCCCC(C)(C)C(=O)NCC#N. The molecule has 0 saturated carbocycles. The Balaban J connectivity index is 3.96. The van der Waals surface area contributed by atoms with Crippen LogP contribution in [0, 0.1) is 16.7 Å². The molecule has 3 heteroatoms. The Morgan fingerprint density at radius 2 is 2.15 bits per heavy atom. The number of carbonyl (C=O) groups is 1. The maximum absolute atomic E-state index is 11.5. The Labute approximate surface area is 80.1 Å². The molecule has 1 amide bonds. The first-order valence-electron chi connectivity index (χ1n) is 4.70. The molecule has 0 bridgehead atoms. The van der Waals surface area contributed by atoms with E-state index < -0.39 is 0 Å². The van der Waals surface area contributed by atoms with E-state index in [1.165, 1.54) is 0 Å². The summed E-state index contributed by atoms with van der Waals surface area (Å²) in [6.45, 7) is 6.03. The van der Waals surface area contributed by atoms with Crippen molar-refractivity contribution in [3.63, 3.8) is 0 Å². The Morgan fingerprint density at radius 1 is 1.54 bits per heavy atom. The number of unbranched alkanes of at least 4 members (excludes halogenated alkanes) is 1. The van der Waals surface area contributed by atoms with Crippen LogP contribution in [0.15, 0.2) is 0 Å². The summed E-state index contributed by atoms with van der Waals surface area (Å²) in [5.74, 6) is -0.0255. The molecule has 13 heavy (non-hydrogen) atoms. The van der Waals surface area contributed by atoms with Gasteiger partial charge >= 0.3 is 0 Å². The standard InChI is InChI=1S/C10H18N2O/c1-4-5-6-10(2,3)9(13)12-8-7-11/h4-6,8H2,1-3H3,(H,12,13). The van der Waals surface area contributed by atoms with Crippen LogP contribution in [0.4, 0.5) is 0 Å². The molecule has 0 unspecified atom stereocenters. The molecule has 0 atom stereocenters. The van der Waals surface area contributed by atoms with Crippen LogP contribution in [-0.4, -0.2) is 12.5 Å². The minimum Gasteiger partial charge on any atom is -0.343 e. The zero-order valence-corrected chi connectivity index (χ0v) is 8.68. The second-order valence-electron chi connectivity index (χ2n) is 3.83. The van der Waals surface area contributed by atoms with Gasteiger partial charge in [-0.2, -0.15) is 5.26 Å². The lowest BCUT2D eigenvalue weighted by Gasteiger charge is -2.22. The highest BCUT2D eigenvalue weighted by Crippen LogP contribution is 2.22. The molecule has 0 aliphatic carbocycles. The van der Waals surface area contributed by atoms with Crippen molar-refractivity contribution in [1.82, 2.24) is 5.32 Å². The molecule has 0 spiro atoms. The lowest BCUT2D eigenvalue weighted by molar-refractivity contribution is -0.129. The molecule has 0 fully saturated rings. The van der Waals surface area contributed by atoms with Gasteiger partial charge in [0.2, 0.25) is 5.91 Å². The average Bonchev–Trinajstić information content (AvgIpc) is 2.10. The largest absolute Gasteiger partial charge is 0.343 e. The van der Waals surface area contributed by atoms with E-state index in [0.29, 0.717) is 0 Å². The average molecular weight is 182 g/mol. The quantitative estimate of drug-likeness (QED) is 0.659. The molecular formula is C10H18N2O. The van der Waals surface area contributed by atoms with Crippen molar-refractivity contribution in [2.75, 3.05) is 6.54 Å². The van der Waals surface area contributed by atoms with E-state index in [2.05, 4.69) is 12.2 Å². The van der Waals surface area contributed by atoms with Crippen molar-refractivity contribution >= 4 is 5.91 Å². The zero-order chi connectivity index (χ0) is 10.3. The first-order chi connectivity index (χ1) is 6.04. The van der Waals surface area contributed by atoms with Crippen molar-refractivity contribution in [3.8, 4) is 6.07 Å². The summed E-state index contributed by atoms with van der Waals surface area (Å²) in [6.07, 6.45) is 3.02. The second kappa shape index (κ2) is 5.58. The van der Waals surface area contributed by atoms with Crippen LogP contribution in [0.25, 0.3) is 0 Å². The number of carbonyl (C=O) groups excluding carboxylic acids is 1. The minimum atomic E-state index is -0.340. The molecule has 0 heterocycles. The fourth-order valence-electron chi connectivity index (χ4n) is 1.09. The third-order valence-electron chi connectivity index (χ3n) is 2.10. The van der Waals surface area contributed by atoms with Gasteiger partial charge in [-0.1, -0.05) is 33.6 Å². The Kier molecular flexibility index (Phi) is 5.13. The van der Waals surface area contributed by atoms with E-state index in [4.69, 9.17) is 5.26 Å². The van der Waals surface area contributed by atoms with Crippen LogP contribution in [-0.2, 0) is 4.79 Å². The topological polar surface area (TPSA) is 52.9 Å². The third-order valence-corrected chi connectivity index (χ3v) is 2.10. The van der Waals surface area contributed by atoms with E-state index in [-0.39, 0.29) is 17.9 Å². The van der Waals surface area contributed by atoms with Crippen molar-refractivity contribution in [1.29, 1.82) is 5.26 Å². The predicted octanol–water partition coefficient (Wildman–Crippen LogP) is 1.84. The van der Waals surface area contributed by atoms with Gasteiger partial charge in [-0.15, -0.1) is 0 Å². The fourth-order valence-corrected chi connectivity index (χ4v) is 1.09. The van der Waals surface area contributed by atoms with E-state index in [1.54, 1.807) is 0 Å². The van der Waals surface area contributed by atoms with Crippen LogP contribution in [0.5, 0.6) is 0 Å². The zero-order valence-electron chi connectivity index (χ0n) is 8.68. The summed E-state index contributed by atoms with van der Waals surface area (Å²) in [5, 5.41) is 10.9. The molecular weight excluding hydrogens is 164 g/mol. The van der Waals surface area contributed by atoms with E-state index in [9.17, 15) is 4.79 Å². The summed E-state index contributed by atoms with van der Waals surface area (Å²) >= 11 is 0. The molecule has 0 aromatic heterocycles. The number of hydrogen-bond acceptors (Lipinski definition) is 2.